The van der Waals surface area contributed by atoms with Crippen molar-refractivity contribution in [3.63, 3.8) is 0 Å². The number of aryl methyl sites for hydroxylation is 1. The Balaban J connectivity index is 1.81. The highest BCUT2D eigenvalue weighted by molar-refractivity contribution is 7.92. The van der Waals surface area contributed by atoms with E-state index in [9.17, 15) is 18.0 Å². The topological polar surface area (TPSA) is 86.8 Å². The standard InChI is InChI=1S/C35H37ClFN3O4S/c1-25(2)22-38-35(42)33(21-27-11-5-4-6-12-27)39(23-28-13-7-9-15-31(28)37)34(41)24-40(32-16-10-8-14-30(32)36)45(43,44)29-19-17-26(3)18-20-29/h4-20,25,33H,21-24H2,1-3H3,(H,38,42)/t33-/m0/s1. The van der Waals surface area contributed by atoms with Crippen LogP contribution in [0.5, 0.6) is 0 Å². The molecule has 0 saturated heterocycles. The lowest BCUT2D eigenvalue weighted by Crippen LogP contribution is -2.53. The molecular formula is C35H37ClFN3O4S. The minimum atomic E-state index is -4.30. The first-order valence-corrected chi connectivity index (χ1v) is 16.5. The van der Waals surface area contributed by atoms with E-state index in [1.165, 1.54) is 47.4 Å². The Bertz CT molecular complexity index is 1720. The number of sulfonamides is 1. The summed E-state index contributed by atoms with van der Waals surface area (Å²) in [5.41, 5.74) is 1.93. The summed E-state index contributed by atoms with van der Waals surface area (Å²) >= 11 is 6.50. The zero-order chi connectivity index (χ0) is 32.6. The molecule has 4 aromatic rings. The van der Waals surface area contributed by atoms with Gasteiger partial charge >= 0.3 is 0 Å². The summed E-state index contributed by atoms with van der Waals surface area (Å²) in [5.74, 6) is -1.54. The number of rotatable bonds is 13. The molecular weight excluding hydrogens is 613 g/mol. The zero-order valence-electron chi connectivity index (χ0n) is 25.5. The molecule has 236 valence electrons. The molecule has 0 aliphatic rings. The quantitative estimate of drug-likeness (QED) is 0.182. The number of amides is 2. The molecule has 7 nitrogen and oxygen atoms in total. The molecule has 1 N–H and O–H groups in total. The van der Waals surface area contributed by atoms with E-state index in [0.717, 1.165) is 15.4 Å². The molecule has 4 aromatic carbocycles. The molecule has 0 radical (unpaired) electrons. The lowest BCUT2D eigenvalue weighted by Gasteiger charge is -2.34. The number of nitrogens with zero attached hydrogens (tertiary/aromatic N) is 2. The SMILES string of the molecule is Cc1ccc(S(=O)(=O)N(CC(=O)N(Cc2ccccc2F)[C@@H](Cc2ccccc2)C(=O)NCC(C)C)c2ccccc2Cl)cc1. The van der Waals surface area contributed by atoms with Gasteiger partial charge in [-0.2, -0.15) is 0 Å². The number of para-hydroxylation sites is 1. The summed E-state index contributed by atoms with van der Waals surface area (Å²) in [5, 5.41) is 3.04. The maximum Gasteiger partial charge on any atom is 0.264 e. The van der Waals surface area contributed by atoms with Crippen molar-refractivity contribution in [1.29, 1.82) is 0 Å². The van der Waals surface area contributed by atoms with Gasteiger partial charge in [-0.25, -0.2) is 12.8 Å². The van der Waals surface area contributed by atoms with Gasteiger partial charge in [-0.15, -0.1) is 0 Å². The Kier molecular flexibility index (Phi) is 11.4. The van der Waals surface area contributed by atoms with Crippen LogP contribution in [0.25, 0.3) is 0 Å². The second-order valence-electron chi connectivity index (χ2n) is 11.2. The number of benzene rings is 4. The number of hydrogen-bond donors (Lipinski definition) is 1. The third-order valence-corrected chi connectivity index (χ3v) is 9.36. The van der Waals surface area contributed by atoms with Crippen LogP contribution in [-0.2, 0) is 32.6 Å². The average Bonchev–Trinajstić information content (AvgIpc) is 3.02. The number of carbonyl (C=O) groups excluding carboxylic acids is 2. The Hall–Kier alpha value is -4.21. The summed E-state index contributed by atoms with van der Waals surface area (Å²) in [7, 11) is -4.30. The van der Waals surface area contributed by atoms with Crippen molar-refractivity contribution in [3.8, 4) is 0 Å². The minimum Gasteiger partial charge on any atom is -0.354 e. The molecule has 0 unspecified atom stereocenters. The third kappa shape index (κ3) is 8.71. The first kappa shape index (κ1) is 33.7. The lowest BCUT2D eigenvalue weighted by atomic mass is 10.0. The fourth-order valence-corrected chi connectivity index (χ4v) is 6.51. The van der Waals surface area contributed by atoms with E-state index in [4.69, 9.17) is 11.6 Å². The van der Waals surface area contributed by atoms with Crippen molar-refractivity contribution >= 4 is 39.1 Å². The van der Waals surface area contributed by atoms with Gasteiger partial charge in [0.1, 0.15) is 18.4 Å². The molecule has 0 spiro atoms. The van der Waals surface area contributed by atoms with Gasteiger partial charge in [-0.3, -0.25) is 13.9 Å². The van der Waals surface area contributed by atoms with Crippen LogP contribution in [0.2, 0.25) is 5.02 Å². The summed E-state index contributed by atoms with van der Waals surface area (Å²) in [6, 6.07) is 26.7. The first-order valence-electron chi connectivity index (χ1n) is 14.7. The summed E-state index contributed by atoms with van der Waals surface area (Å²) < 4.78 is 44.2. The molecule has 4 rings (SSSR count). The third-order valence-electron chi connectivity index (χ3n) is 7.26. The Morgan fingerprint density at radius 1 is 0.867 bits per heavy atom. The first-order chi connectivity index (χ1) is 21.5. The van der Waals surface area contributed by atoms with E-state index in [-0.39, 0.29) is 40.1 Å². The van der Waals surface area contributed by atoms with Crippen LogP contribution in [0.1, 0.15) is 30.5 Å². The summed E-state index contributed by atoms with van der Waals surface area (Å²) in [6.07, 6.45) is 0.127. The minimum absolute atomic E-state index is 0.0306. The van der Waals surface area contributed by atoms with Crippen molar-refractivity contribution in [1.82, 2.24) is 10.2 Å². The van der Waals surface area contributed by atoms with Gasteiger partial charge in [0.05, 0.1) is 15.6 Å². The Morgan fingerprint density at radius 3 is 2.13 bits per heavy atom. The molecule has 45 heavy (non-hydrogen) atoms. The zero-order valence-corrected chi connectivity index (χ0v) is 27.1. The predicted molar refractivity (Wildman–Crippen MR) is 176 cm³/mol. The molecule has 0 aliphatic carbocycles. The van der Waals surface area contributed by atoms with E-state index < -0.39 is 40.2 Å². The van der Waals surface area contributed by atoms with Crippen LogP contribution in [0.15, 0.2) is 108 Å². The van der Waals surface area contributed by atoms with Crippen LogP contribution in [0, 0.1) is 18.7 Å². The van der Waals surface area contributed by atoms with Crippen LogP contribution in [0.4, 0.5) is 10.1 Å². The normalized spacial score (nSPS) is 12.0. The van der Waals surface area contributed by atoms with Gasteiger partial charge in [0, 0.05) is 25.1 Å². The fourth-order valence-electron chi connectivity index (χ4n) is 4.79. The van der Waals surface area contributed by atoms with Gasteiger partial charge in [-0.1, -0.05) is 104 Å². The Morgan fingerprint density at radius 2 is 1.49 bits per heavy atom. The number of carbonyl (C=O) groups is 2. The van der Waals surface area contributed by atoms with Gasteiger partial charge in [0.25, 0.3) is 10.0 Å². The monoisotopic (exact) mass is 649 g/mol. The van der Waals surface area contributed by atoms with Gasteiger partial charge < -0.3 is 10.2 Å². The lowest BCUT2D eigenvalue weighted by molar-refractivity contribution is -0.140. The van der Waals surface area contributed by atoms with E-state index in [1.807, 2.05) is 51.1 Å². The highest BCUT2D eigenvalue weighted by Gasteiger charge is 2.35. The molecule has 0 saturated carbocycles. The van der Waals surface area contributed by atoms with Crippen molar-refractivity contribution in [2.75, 3.05) is 17.4 Å². The second kappa shape index (κ2) is 15.2. The molecule has 0 heterocycles. The second-order valence-corrected chi connectivity index (χ2v) is 13.5. The number of hydrogen-bond acceptors (Lipinski definition) is 4. The largest absolute Gasteiger partial charge is 0.354 e. The van der Waals surface area contributed by atoms with Crippen LogP contribution < -0.4 is 9.62 Å². The highest BCUT2D eigenvalue weighted by atomic mass is 35.5. The fraction of sp³-hybridized carbons (Fsp3) is 0.257. The number of halogens is 2. The van der Waals surface area contributed by atoms with Gasteiger partial charge in [0.15, 0.2) is 0 Å². The van der Waals surface area contributed by atoms with Crippen LogP contribution in [0.3, 0.4) is 0 Å². The maximum absolute atomic E-state index is 15.0. The summed E-state index contributed by atoms with van der Waals surface area (Å²) in [4.78, 5) is 29.4. The smallest absolute Gasteiger partial charge is 0.264 e. The Labute approximate surface area is 269 Å². The van der Waals surface area contributed by atoms with Gasteiger partial charge in [-0.05, 0) is 48.7 Å². The number of anilines is 1. The van der Waals surface area contributed by atoms with E-state index in [1.54, 1.807) is 30.3 Å². The van der Waals surface area contributed by atoms with Crippen molar-refractivity contribution < 1.29 is 22.4 Å². The van der Waals surface area contributed by atoms with Crippen molar-refractivity contribution in [2.45, 2.75) is 44.7 Å². The molecule has 0 aliphatic heterocycles. The highest BCUT2D eigenvalue weighted by Crippen LogP contribution is 2.31. The molecule has 10 heteroatoms. The molecule has 0 bridgehead atoms. The van der Waals surface area contributed by atoms with E-state index in [0.29, 0.717) is 6.54 Å². The number of nitrogens with one attached hydrogen (secondary N) is 1. The van der Waals surface area contributed by atoms with Crippen molar-refractivity contribution in [2.24, 2.45) is 5.92 Å². The maximum atomic E-state index is 15.0. The van der Waals surface area contributed by atoms with Gasteiger partial charge in [0.2, 0.25) is 11.8 Å². The van der Waals surface area contributed by atoms with Crippen LogP contribution in [-0.4, -0.2) is 44.3 Å². The molecule has 1 atom stereocenters. The van der Waals surface area contributed by atoms with Crippen LogP contribution >= 0.6 is 11.6 Å². The van der Waals surface area contributed by atoms with Crippen molar-refractivity contribution in [3.05, 3.63) is 131 Å². The van der Waals surface area contributed by atoms with E-state index >= 15 is 4.39 Å². The summed E-state index contributed by atoms with van der Waals surface area (Å²) in [6.45, 7) is 5.15. The molecule has 0 fully saturated rings. The molecule has 0 aromatic heterocycles. The average molecular weight is 650 g/mol. The predicted octanol–water partition coefficient (Wildman–Crippen LogP) is 6.40. The van der Waals surface area contributed by atoms with E-state index in [2.05, 4.69) is 5.32 Å². The molecule has 2 amide bonds.